The number of hydrogen-bond acceptors (Lipinski definition) is 5. The molecule has 6 nitrogen and oxygen atoms in total. The summed E-state index contributed by atoms with van der Waals surface area (Å²) in [6, 6.07) is 10.7. The Hall–Kier alpha value is -2.41. The molecule has 1 atom stereocenters. The first-order valence-corrected chi connectivity index (χ1v) is 9.76. The van der Waals surface area contributed by atoms with E-state index in [1.54, 1.807) is 7.11 Å². The summed E-state index contributed by atoms with van der Waals surface area (Å²) in [5, 5.41) is 6.77. The Bertz CT molecular complexity index is 780. The number of hydrogen-bond donors (Lipinski definition) is 2. The van der Waals surface area contributed by atoms with E-state index in [1.807, 2.05) is 6.07 Å². The molecular formula is C20H27N5OS. The first-order chi connectivity index (χ1) is 13.0. The van der Waals surface area contributed by atoms with Crippen molar-refractivity contribution in [1.29, 1.82) is 0 Å². The summed E-state index contributed by atoms with van der Waals surface area (Å²) in [7, 11) is 1.61. The predicted molar refractivity (Wildman–Crippen MR) is 113 cm³/mol. The molecule has 1 aliphatic heterocycles. The molecule has 0 unspecified atom stereocenters. The highest BCUT2D eigenvalue weighted by atomic mass is 32.1. The SMILES string of the molecule is COc1cc(N2CCCC[C@H]2C)nc(NC(=S)NCc2ccc(C)cc2)n1. The fraction of sp³-hybridized carbons (Fsp3) is 0.450. The number of aromatic nitrogens is 2. The van der Waals surface area contributed by atoms with Gasteiger partial charge in [0.15, 0.2) is 5.11 Å². The summed E-state index contributed by atoms with van der Waals surface area (Å²) in [4.78, 5) is 11.3. The number of ether oxygens (including phenoxy) is 1. The van der Waals surface area contributed by atoms with Gasteiger partial charge >= 0.3 is 0 Å². The Kier molecular flexibility index (Phi) is 6.45. The number of rotatable bonds is 5. The maximum Gasteiger partial charge on any atom is 0.234 e. The highest BCUT2D eigenvalue weighted by molar-refractivity contribution is 7.80. The van der Waals surface area contributed by atoms with Gasteiger partial charge < -0.3 is 20.3 Å². The molecule has 2 N–H and O–H groups in total. The van der Waals surface area contributed by atoms with Crippen molar-refractivity contribution in [3.63, 3.8) is 0 Å². The number of aryl methyl sites for hydroxylation is 1. The van der Waals surface area contributed by atoms with Crippen molar-refractivity contribution in [3.8, 4) is 5.88 Å². The topological polar surface area (TPSA) is 62.3 Å². The molecule has 27 heavy (non-hydrogen) atoms. The average molecular weight is 386 g/mol. The van der Waals surface area contributed by atoms with Gasteiger partial charge in [0.25, 0.3) is 0 Å². The fourth-order valence-corrected chi connectivity index (χ4v) is 3.36. The van der Waals surface area contributed by atoms with E-state index in [2.05, 4.69) is 63.6 Å². The molecule has 1 aliphatic rings. The summed E-state index contributed by atoms with van der Waals surface area (Å²) < 4.78 is 5.36. The van der Waals surface area contributed by atoms with Crippen LogP contribution in [0.1, 0.15) is 37.3 Å². The Labute approximate surface area is 166 Å². The van der Waals surface area contributed by atoms with Crippen molar-refractivity contribution in [2.45, 2.75) is 45.7 Å². The molecule has 1 aromatic carbocycles. The van der Waals surface area contributed by atoms with Crippen molar-refractivity contribution >= 4 is 29.1 Å². The molecule has 0 aliphatic carbocycles. The van der Waals surface area contributed by atoms with Crippen LogP contribution in [0.15, 0.2) is 30.3 Å². The van der Waals surface area contributed by atoms with Crippen LogP contribution < -0.4 is 20.3 Å². The number of piperidine rings is 1. The zero-order valence-electron chi connectivity index (χ0n) is 16.2. The molecule has 2 aromatic rings. The minimum Gasteiger partial charge on any atom is -0.481 e. The van der Waals surface area contributed by atoms with Gasteiger partial charge in [0.1, 0.15) is 5.82 Å². The van der Waals surface area contributed by atoms with Gasteiger partial charge in [-0.25, -0.2) is 0 Å². The van der Waals surface area contributed by atoms with Gasteiger partial charge in [0.05, 0.1) is 7.11 Å². The van der Waals surface area contributed by atoms with Gasteiger partial charge in [-0.1, -0.05) is 29.8 Å². The quantitative estimate of drug-likeness (QED) is 0.762. The zero-order chi connectivity index (χ0) is 19.2. The normalized spacial score (nSPS) is 16.7. The number of nitrogens with one attached hydrogen (secondary N) is 2. The van der Waals surface area contributed by atoms with E-state index < -0.39 is 0 Å². The van der Waals surface area contributed by atoms with Crippen molar-refractivity contribution in [2.75, 3.05) is 23.9 Å². The van der Waals surface area contributed by atoms with Crippen molar-refractivity contribution < 1.29 is 4.74 Å². The first kappa shape index (κ1) is 19.4. The van der Waals surface area contributed by atoms with Gasteiger partial charge in [0.2, 0.25) is 11.8 Å². The van der Waals surface area contributed by atoms with Crippen LogP contribution in [0.2, 0.25) is 0 Å². The van der Waals surface area contributed by atoms with Crippen LogP contribution >= 0.6 is 12.2 Å². The van der Waals surface area contributed by atoms with Crippen LogP contribution in [0, 0.1) is 6.92 Å². The molecule has 0 amide bonds. The molecule has 1 fully saturated rings. The third-order valence-corrected chi connectivity index (χ3v) is 5.04. The molecule has 0 radical (unpaired) electrons. The molecule has 144 valence electrons. The van der Waals surface area contributed by atoms with E-state index in [4.69, 9.17) is 17.0 Å². The lowest BCUT2D eigenvalue weighted by Crippen LogP contribution is -2.38. The molecule has 1 saturated heterocycles. The number of anilines is 2. The first-order valence-electron chi connectivity index (χ1n) is 9.35. The lowest BCUT2D eigenvalue weighted by molar-refractivity contribution is 0.396. The lowest BCUT2D eigenvalue weighted by Gasteiger charge is -2.34. The summed E-state index contributed by atoms with van der Waals surface area (Å²) in [6.07, 6.45) is 3.61. The third-order valence-electron chi connectivity index (χ3n) is 4.79. The summed E-state index contributed by atoms with van der Waals surface area (Å²) in [5.74, 6) is 1.85. The second kappa shape index (κ2) is 8.99. The van der Waals surface area contributed by atoms with Crippen LogP contribution in [0.3, 0.4) is 0 Å². The van der Waals surface area contributed by atoms with Crippen molar-refractivity contribution in [2.24, 2.45) is 0 Å². The summed E-state index contributed by atoms with van der Waals surface area (Å²) in [5.41, 5.74) is 2.41. The van der Waals surface area contributed by atoms with E-state index in [9.17, 15) is 0 Å². The second-order valence-corrected chi connectivity index (χ2v) is 7.33. The van der Waals surface area contributed by atoms with Crippen LogP contribution in [-0.2, 0) is 6.54 Å². The van der Waals surface area contributed by atoms with Crippen molar-refractivity contribution in [1.82, 2.24) is 15.3 Å². The Morgan fingerprint density at radius 2 is 2.04 bits per heavy atom. The monoisotopic (exact) mass is 385 g/mol. The highest BCUT2D eigenvalue weighted by Gasteiger charge is 2.21. The second-order valence-electron chi connectivity index (χ2n) is 6.92. The Morgan fingerprint density at radius 1 is 1.26 bits per heavy atom. The van der Waals surface area contributed by atoms with Gasteiger partial charge in [-0.15, -0.1) is 0 Å². The molecule has 0 saturated carbocycles. The van der Waals surface area contributed by atoms with Crippen LogP contribution in [0.4, 0.5) is 11.8 Å². The number of nitrogens with zero attached hydrogens (tertiary/aromatic N) is 3. The molecule has 2 heterocycles. The molecular weight excluding hydrogens is 358 g/mol. The largest absolute Gasteiger partial charge is 0.481 e. The van der Waals surface area contributed by atoms with Gasteiger partial charge in [-0.05, 0) is 50.9 Å². The van der Waals surface area contributed by atoms with Crippen LogP contribution in [0.5, 0.6) is 5.88 Å². The average Bonchev–Trinajstić information content (AvgIpc) is 2.67. The van der Waals surface area contributed by atoms with E-state index in [-0.39, 0.29) is 0 Å². The number of thiocarbonyl (C=S) groups is 1. The smallest absolute Gasteiger partial charge is 0.234 e. The minimum atomic E-state index is 0.448. The maximum atomic E-state index is 5.41. The molecule has 1 aromatic heterocycles. The minimum absolute atomic E-state index is 0.448. The highest BCUT2D eigenvalue weighted by Crippen LogP contribution is 2.26. The van der Waals surface area contributed by atoms with E-state index in [0.717, 1.165) is 12.4 Å². The van der Waals surface area contributed by atoms with Gasteiger partial charge in [-0.2, -0.15) is 9.97 Å². The third kappa shape index (κ3) is 5.29. The van der Waals surface area contributed by atoms with Crippen LogP contribution in [-0.4, -0.2) is 34.8 Å². The van der Waals surface area contributed by atoms with Crippen molar-refractivity contribution in [3.05, 3.63) is 41.5 Å². The zero-order valence-corrected chi connectivity index (χ0v) is 17.0. The van der Waals surface area contributed by atoms with E-state index in [0.29, 0.717) is 29.5 Å². The van der Waals surface area contributed by atoms with Gasteiger partial charge in [0, 0.05) is 25.2 Å². The van der Waals surface area contributed by atoms with Gasteiger partial charge in [-0.3, -0.25) is 0 Å². The van der Waals surface area contributed by atoms with E-state index >= 15 is 0 Å². The fourth-order valence-electron chi connectivity index (χ4n) is 3.19. The lowest BCUT2D eigenvalue weighted by atomic mass is 10.0. The number of benzene rings is 1. The number of methoxy groups -OCH3 is 1. The Balaban J connectivity index is 1.67. The molecule has 3 rings (SSSR count). The Morgan fingerprint density at radius 3 is 2.74 bits per heavy atom. The predicted octanol–water partition coefficient (Wildman–Crippen LogP) is 3.66. The maximum absolute atomic E-state index is 5.41. The molecule has 0 spiro atoms. The molecule has 0 bridgehead atoms. The molecule has 7 heteroatoms. The summed E-state index contributed by atoms with van der Waals surface area (Å²) in [6.45, 7) is 5.95. The van der Waals surface area contributed by atoms with Crippen LogP contribution in [0.25, 0.3) is 0 Å². The summed E-state index contributed by atoms with van der Waals surface area (Å²) >= 11 is 5.41. The standard InChI is InChI=1S/C20H27N5OS/c1-14-7-9-16(10-8-14)13-21-20(27)24-19-22-17(12-18(23-19)26-3)25-11-5-4-6-15(25)2/h7-10,12,15H,4-6,11,13H2,1-3H3,(H2,21,22,23,24,27)/t15-/m1/s1. The van der Waals surface area contributed by atoms with E-state index in [1.165, 1.54) is 30.4 Å².